The normalized spacial score (nSPS) is 14.3. The highest BCUT2D eigenvalue weighted by Gasteiger charge is 2.22. The van der Waals surface area contributed by atoms with Gasteiger partial charge in [-0.05, 0) is 48.5 Å². The van der Waals surface area contributed by atoms with Gasteiger partial charge in [-0.25, -0.2) is 4.39 Å². The largest absolute Gasteiger partial charge is 0.347 e. The number of carbonyl (C=O) groups excluding carboxylic acids is 3. The van der Waals surface area contributed by atoms with Gasteiger partial charge in [0, 0.05) is 55.5 Å². The number of benzene rings is 2. The van der Waals surface area contributed by atoms with Gasteiger partial charge in [0.2, 0.25) is 0 Å². The van der Waals surface area contributed by atoms with Crippen molar-refractivity contribution in [2.24, 2.45) is 0 Å². The highest BCUT2D eigenvalue weighted by Crippen LogP contribution is 2.13. The Balaban J connectivity index is 1.36. The Morgan fingerprint density at radius 3 is 2.17 bits per heavy atom. The number of amides is 3. The van der Waals surface area contributed by atoms with Crippen LogP contribution in [0.5, 0.6) is 0 Å². The van der Waals surface area contributed by atoms with Gasteiger partial charge in [-0.15, -0.1) is 0 Å². The molecule has 9 heteroatoms. The molecule has 0 spiro atoms. The quantitative estimate of drug-likeness (QED) is 0.708. The van der Waals surface area contributed by atoms with Crippen LogP contribution in [0.4, 0.5) is 10.1 Å². The van der Waals surface area contributed by atoms with E-state index in [0.29, 0.717) is 55.5 Å². The van der Waals surface area contributed by atoms with Crippen LogP contribution in [-0.4, -0.2) is 66.8 Å². The molecule has 0 unspecified atom stereocenters. The standard InChI is InChI=1S/C21H22ClFN4O3/c22-16-3-7-18(8-4-16)25-20(29)19(28)24-9-10-26-11-13-27(14-12-26)21(30)15-1-5-17(23)6-2-15/h1-8H,9-14H2,(H,24,28)(H,25,29). The zero-order valence-electron chi connectivity index (χ0n) is 16.2. The van der Waals surface area contributed by atoms with Crippen molar-refractivity contribution in [2.75, 3.05) is 44.6 Å². The summed E-state index contributed by atoms with van der Waals surface area (Å²) in [6, 6.07) is 12.0. The molecule has 30 heavy (non-hydrogen) atoms. The second-order valence-electron chi connectivity index (χ2n) is 6.86. The summed E-state index contributed by atoms with van der Waals surface area (Å²) in [4.78, 5) is 40.1. The van der Waals surface area contributed by atoms with E-state index in [9.17, 15) is 18.8 Å². The molecule has 7 nitrogen and oxygen atoms in total. The van der Waals surface area contributed by atoms with E-state index in [1.54, 1.807) is 29.2 Å². The molecule has 0 saturated carbocycles. The van der Waals surface area contributed by atoms with Crippen LogP contribution in [-0.2, 0) is 9.59 Å². The van der Waals surface area contributed by atoms with Crippen LogP contribution in [0.25, 0.3) is 0 Å². The highest BCUT2D eigenvalue weighted by atomic mass is 35.5. The lowest BCUT2D eigenvalue weighted by Gasteiger charge is -2.34. The molecule has 0 bridgehead atoms. The molecular formula is C21H22ClFN4O3. The fraction of sp³-hybridized carbons (Fsp3) is 0.286. The van der Waals surface area contributed by atoms with Crippen molar-refractivity contribution in [3.63, 3.8) is 0 Å². The molecule has 0 atom stereocenters. The molecule has 0 radical (unpaired) electrons. The van der Waals surface area contributed by atoms with Crippen molar-refractivity contribution in [1.29, 1.82) is 0 Å². The van der Waals surface area contributed by atoms with Gasteiger partial charge in [0.1, 0.15) is 5.82 Å². The average molecular weight is 433 g/mol. The maximum atomic E-state index is 13.0. The Kier molecular flexibility index (Phi) is 7.37. The molecule has 1 heterocycles. The number of nitrogens with zero attached hydrogens (tertiary/aromatic N) is 2. The summed E-state index contributed by atoms with van der Waals surface area (Å²) in [6.07, 6.45) is 0. The highest BCUT2D eigenvalue weighted by molar-refractivity contribution is 6.39. The SMILES string of the molecule is O=C(NCCN1CCN(C(=O)c2ccc(F)cc2)CC1)C(=O)Nc1ccc(Cl)cc1. The first-order valence-corrected chi connectivity index (χ1v) is 9.92. The summed E-state index contributed by atoms with van der Waals surface area (Å²) >= 11 is 5.78. The third-order valence-electron chi connectivity index (χ3n) is 4.77. The lowest BCUT2D eigenvalue weighted by Crippen LogP contribution is -2.50. The third kappa shape index (κ3) is 6.01. The summed E-state index contributed by atoms with van der Waals surface area (Å²) < 4.78 is 13.0. The zero-order chi connectivity index (χ0) is 21.5. The first-order valence-electron chi connectivity index (χ1n) is 9.54. The number of anilines is 1. The number of hydrogen-bond acceptors (Lipinski definition) is 4. The Hall–Kier alpha value is -2.97. The van der Waals surface area contributed by atoms with E-state index in [1.807, 2.05) is 0 Å². The average Bonchev–Trinajstić information content (AvgIpc) is 2.76. The molecule has 2 N–H and O–H groups in total. The maximum absolute atomic E-state index is 13.0. The second-order valence-corrected chi connectivity index (χ2v) is 7.29. The van der Waals surface area contributed by atoms with Gasteiger partial charge in [0.25, 0.3) is 5.91 Å². The Bertz CT molecular complexity index is 897. The molecule has 3 rings (SSSR count). The number of halogens is 2. The number of piperazine rings is 1. The van der Waals surface area contributed by atoms with Crippen molar-refractivity contribution < 1.29 is 18.8 Å². The van der Waals surface area contributed by atoms with Gasteiger partial charge in [-0.3, -0.25) is 19.3 Å². The van der Waals surface area contributed by atoms with E-state index >= 15 is 0 Å². The Morgan fingerprint density at radius 2 is 1.53 bits per heavy atom. The van der Waals surface area contributed by atoms with Crippen LogP contribution in [0, 0.1) is 5.82 Å². The minimum atomic E-state index is -0.743. The fourth-order valence-electron chi connectivity index (χ4n) is 3.08. The first kappa shape index (κ1) is 21.7. The molecule has 3 amide bonds. The molecule has 0 aromatic heterocycles. The van der Waals surface area contributed by atoms with Crippen molar-refractivity contribution in [3.05, 3.63) is 64.9 Å². The van der Waals surface area contributed by atoms with E-state index < -0.39 is 11.8 Å². The third-order valence-corrected chi connectivity index (χ3v) is 5.02. The van der Waals surface area contributed by atoms with Crippen molar-refractivity contribution >= 4 is 35.0 Å². The zero-order valence-corrected chi connectivity index (χ0v) is 17.0. The van der Waals surface area contributed by atoms with Gasteiger partial charge >= 0.3 is 11.8 Å². The van der Waals surface area contributed by atoms with E-state index in [1.165, 1.54) is 24.3 Å². The molecule has 1 fully saturated rings. The molecule has 1 aliphatic rings. The van der Waals surface area contributed by atoms with Crippen molar-refractivity contribution in [1.82, 2.24) is 15.1 Å². The minimum Gasteiger partial charge on any atom is -0.347 e. The lowest BCUT2D eigenvalue weighted by atomic mass is 10.2. The molecule has 158 valence electrons. The first-order chi connectivity index (χ1) is 14.4. The van der Waals surface area contributed by atoms with Gasteiger partial charge in [0.05, 0.1) is 0 Å². The maximum Gasteiger partial charge on any atom is 0.313 e. The van der Waals surface area contributed by atoms with Gasteiger partial charge in [-0.2, -0.15) is 0 Å². The number of nitrogens with one attached hydrogen (secondary N) is 2. The van der Waals surface area contributed by atoms with Crippen LogP contribution in [0.15, 0.2) is 48.5 Å². The van der Waals surface area contributed by atoms with Crippen LogP contribution in [0.3, 0.4) is 0 Å². The minimum absolute atomic E-state index is 0.123. The van der Waals surface area contributed by atoms with Crippen LogP contribution in [0.2, 0.25) is 5.02 Å². The molecule has 1 saturated heterocycles. The Labute approximate surface area is 178 Å². The van der Waals surface area contributed by atoms with Crippen LogP contribution >= 0.6 is 11.6 Å². The number of hydrogen-bond donors (Lipinski definition) is 2. The smallest absolute Gasteiger partial charge is 0.313 e. The van der Waals surface area contributed by atoms with Crippen molar-refractivity contribution in [3.8, 4) is 0 Å². The summed E-state index contributed by atoms with van der Waals surface area (Å²) in [5.74, 6) is -1.95. The van der Waals surface area contributed by atoms with Crippen molar-refractivity contribution in [2.45, 2.75) is 0 Å². The number of rotatable bonds is 5. The van der Waals surface area contributed by atoms with Gasteiger partial charge in [-0.1, -0.05) is 11.6 Å². The molecule has 2 aromatic carbocycles. The summed E-state index contributed by atoms with van der Waals surface area (Å²) in [5, 5.41) is 5.63. The fourth-order valence-corrected chi connectivity index (χ4v) is 3.20. The van der Waals surface area contributed by atoms with Gasteiger partial charge in [0.15, 0.2) is 0 Å². The van der Waals surface area contributed by atoms with E-state index in [-0.39, 0.29) is 11.7 Å². The summed E-state index contributed by atoms with van der Waals surface area (Å²) in [6.45, 7) is 3.28. The second kappa shape index (κ2) is 10.2. The number of carbonyl (C=O) groups is 3. The van der Waals surface area contributed by atoms with Gasteiger partial charge < -0.3 is 15.5 Å². The van der Waals surface area contributed by atoms with E-state index in [4.69, 9.17) is 11.6 Å². The Morgan fingerprint density at radius 1 is 0.900 bits per heavy atom. The summed E-state index contributed by atoms with van der Waals surface area (Å²) in [5.41, 5.74) is 0.949. The van der Waals surface area contributed by atoms with Crippen LogP contribution in [0.1, 0.15) is 10.4 Å². The predicted octanol–water partition coefficient (Wildman–Crippen LogP) is 1.99. The van der Waals surface area contributed by atoms with Crippen LogP contribution < -0.4 is 10.6 Å². The van der Waals surface area contributed by atoms with E-state index in [0.717, 1.165) is 0 Å². The summed E-state index contributed by atoms with van der Waals surface area (Å²) in [7, 11) is 0. The predicted molar refractivity (Wildman–Crippen MR) is 112 cm³/mol. The lowest BCUT2D eigenvalue weighted by molar-refractivity contribution is -0.136. The van der Waals surface area contributed by atoms with E-state index in [2.05, 4.69) is 15.5 Å². The molecule has 1 aliphatic heterocycles. The molecule has 2 aromatic rings. The topological polar surface area (TPSA) is 81.8 Å². The molecule has 0 aliphatic carbocycles. The molecular weight excluding hydrogens is 411 g/mol. The monoisotopic (exact) mass is 432 g/mol.